The van der Waals surface area contributed by atoms with Crippen molar-refractivity contribution >= 4 is 11.4 Å². The van der Waals surface area contributed by atoms with Gasteiger partial charge in [0, 0.05) is 18.8 Å². The molecule has 0 atom stereocenters. The second-order valence-corrected chi connectivity index (χ2v) is 5.85. The Balaban J connectivity index is 1.86. The van der Waals surface area contributed by atoms with Crippen LogP contribution >= 0.6 is 0 Å². The average Bonchev–Trinajstić information content (AvgIpc) is 2.95. The first-order chi connectivity index (χ1) is 11.8. The highest BCUT2D eigenvalue weighted by atomic mass is 19.4. The number of rotatable bonds is 3. The van der Waals surface area contributed by atoms with Crippen LogP contribution in [0.1, 0.15) is 16.8 Å². The number of halogens is 3. The minimum Gasteiger partial charge on any atom is -0.397 e. The Bertz CT molecular complexity index is 896. The lowest BCUT2D eigenvalue weighted by Crippen LogP contribution is -2.04. The van der Waals surface area contributed by atoms with Crippen molar-refractivity contribution < 1.29 is 13.2 Å². The zero-order valence-corrected chi connectivity index (χ0v) is 13.5. The number of benzene rings is 2. The highest BCUT2D eigenvalue weighted by Crippen LogP contribution is 2.31. The summed E-state index contributed by atoms with van der Waals surface area (Å²) in [5.41, 5.74) is 14.4. The van der Waals surface area contributed by atoms with Gasteiger partial charge in [0.25, 0.3) is 0 Å². The van der Waals surface area contributed by atoms with Crippen LogP contribution in [0.4, 0.5) is 24.5 Å². The van der Waals surface area contributed by atoms with E-state index >= 15 is 0 Å². The number of hydrogen-bond acceptors (Lipinski definition) is 3. The molecular weight excluding hydrogens is 329 g/mol. The molecule has 1 heterocycles. The van der Waals surface area contributed by atoms with E-state index in [0.29, 0.717) is 23.4 Å². The second kappa shape index (κ2) is 6.16. The maximum Gasteiger partial charge on any atom is 0.434 e. The summed E-state index contributed by atoms with van der Waals surface area (Å²) >= 11 is 0. The first kappa shape index (κ1) is 16.9. The van der Waals surface area contributed by atoms with Crippen LogP contribution in [-0.4, -0.2) is 9.55 Å². The number of nitrogens with zero attached hydrogens (tertiary/aromatic N) is 2. The molecule has 0 bridgehead atoms. The number of hydrogen-bond donors (Lipinski definition) is 2. The van der Waals surface area contributed by atoms with Crippen molar-refractivity contribution in [1.29, 1.82) is 0 Å². The van der Waals surface area contributed by atoms with E-state index in [4.69, 9.17) is 11.5 Å². The fraction of sp³-hybridized carbons (Fsp3) is 0.167. The molecule has 7 heteroatoms. The summed E-state index contributed by atoms with van der Waals surface area (Å²) < 4.78 is 39.7. The molecule has 0 saturated heterocycles. The maximum atomic E-state index is 12.8. The molecule has 0 amide bonds. The summed E-state index contributed by atoms with van der Waals surface area (Å²) in [4.78, 5) is 3.69. The summed E-state index contributed by atoms with van der Waals surface area (Å²) in [6.07, 6.45) is -2.89. The van der Waals surface area contributed by atoms with E-state index in [9.17, 15) is 13.2 Å². The van der Waals surface area contributed by atoms with Gasteiger partial charge in [-0.2, -0.15) is 13.2 Å². The highest BCUT2D eigenvalue weighted by molar-refractivity contribution is 5.68. The van der Waals surface area contributed by atoms with Crippen molar-refractivity contribution in [2.45, 2.75) is 12.6 Å². The predicted octanol–water partition coefficient (Wildman–Crippen LogP) is 3.86. The van der Waals surface area contributed by atoms with Gasteiger partial charge in [-0.05, 0) is 23.6 Å². The van der Waals surface area contributed by atoms with Gasteiger partial charge >= 0.3 is 6.18 Å². The third kappa shape index (κ3) is 3.45. The number of para-hydroxylation sites is 1. The third-order valence-electron chi connectivity index (χ3n) is 4.00. The third-order valence-corrected chi connectivity index (χ3v) is 4.00. The van der Waals surface area contributed by atoms with Crippen molar-refractivity contribution in [1.82, 2.24) is 9.55 Å². The zero-order valence-electron chi connectivity index (χ0n) is 13.5. The molecule has 0 fully saturated rings. The number of imidazole rings is 1. The average molecular weight is 346 g/mol. The first-order valence-electron chi connectivity index (χ1n) is 7.58. The van der Waals surface area contributed by atoms with Crippen molar-refractivity contribution in [3.8, 4) is 11.4 Å². The lowest BCUT2D eigenvalue weighted by atomic mass is 10.0. The number of anilines is 2. The Kier molecular flexibility index (Phi) is 4.16. The maximum absolute atomic E-state index is 12.8. The molecule has 2 aromatic carbocycles. The normalized spacial score (nSPS) is 11.7. The van der Waals surface area contributed by atoms with Gasteiger partial charge in [0.05, 0.1) is 11.4 Å². The fourth-order valence-corrected chi connectivity index (χ4v) is 2.65. The van der Waals surface area contributed by atoms with Crippen LogP contribution in [0.25, 0.3) is 11.4 Å². The van der Waals surface area contributed by atoms with Gasteiger partial charge in [0.15, 0.2) is 5.69 Å². The summed E-state index contributed by atoms with van der Waals surface area (Å²) in [6.45, 7) is 0. The van der Waals surface area contributed by atoms with Crippen molar-refractivity contribution in [3.05, 3.63) is 65.5 Å². The van der Waals surface area contributed by atoms with Gasteiger partial charge in [-0.15, -0.1) is 0 Å². The molecule has 130 valence electrons. The van der Waals surface area contributed by atoms with Crippen molar-refractivity contribution in [2.24, 2.45) is 7.05 Å². The van der Waals surface area contributed by atoms with Gasteiger partial charge < -0.3 is 16.0 Å². The molecule has 0 unspecified atom stereocenters. The van der Waals surface area contributed by atoms with E-state index in [2.05, 4.69) is 4.98 Å². The van der Waals surface area contributed by atoms with E-state index in [1.165, 1.54) is 4.57 Å². The minimum absolute atomic E-state index is 0.266. The Morgan fingerprint density at radius 3 is 2.32 bits per heavy atom. The number of nitrogens with two attached hydrogens (primary N) is 2. The summed E-state index contributed by atoms with van der Waals surface area (Å²) in [6, 6.07) is 12.7. The number of alkyl halides is 3. The lowest BCUT2D eigenvalue weighted by molar-refractivity contribution is -0.140. The van der Waals surface area contributed by atoms with Crippen LogP contribution in [0.2, 0.25) is 0 Å². The molecule has 1 aromatic heterocycles. The molecule has 0 aliphatic heterocycles. The minimum atomic E-state index is -4.46. The predicted molar refractivity (Wildman–Crippen MR) is 91.7 cm³/mol. The molecule has 3 rings (SSSR count). The van der Waals surface area contributed by atoms with E-state index in [0.717, 1.165) is 17.3 Å². The van der Waals surface area contributed by atoms with Crippen LogP contribution in [0.3, 0.4) is 0 Å². The Labute approximate surface area is 142 Å². The van der Waals surface area contributed by atoms with E-state index in [1.54, 1.807) is 25.2 Å². The quantitative estimate of drug-likeness (QED) is 0.708. The largest absolute Gasteiger partial charge is 0.434 e. The second-order valence-electron chi connectivity index (χ2n) is 5.85. The highest BCUT2D eigenvalue weighted by Gasteiger charge is 2.34. The monoisotopic (exact) mass is 346 g/mol. The Morgan fingerprint density at radius 2 is 1.72 bits per heavy atom. The van der Waals surface area contributed by atoms with Crippen LogP contribution in [0, 0.1) is 0 Å². The molecule has 0 aliphatic carbocycles. The molecule has 0 saturated carbocycles. The number of aromatic nitrogens is 2. The van der Waals surface area contributed by atoms with Crippen molar-refractivity contribution in [3.63, 3.8) is 0 Å². The van der Waals surface area contributed by atoms with Gasteiger partial charge in [0.1, 0.15) is 5.82 Å². The first-order valence-corrected chi connectivity index (χ1v) is 7.58. The zero-order chi connectivity index (χ0) is 18.2. The standard InChI is InChI=1S/C18H17F3N4/c1-25-10-15(18(19,20)21)24-17(25)12-7-5-11(6-8-12)9-13-3-2-4-14(22)16(13)23/h2-8,10H,9,22-23H2,1H3. The topological polar surface area (TPSA) is 69.9 Å². The Hall–Kier alpha value is -2.96. The molecule has 4 nitrogen and oxygen atoms in total. The summed E-state index contributed by atoms with van der Waals surface area (Å²) in [5, 5.41) is 0. The number of aryl methyl sites for hydroxylation is 1. The van der Waals surface area contributed by atoms with Crippen molar-refractivity contribution in [2.75, 3.05) is 11.5 Å². The lowest BCUT2D eigenvalue weighted by Gasteiger charge is -2.09. The van der Waals surface area contributed by atoms with Gasteiger partial charge in [-0.25, -0.2) is 4.98 Å². The molecule has 0 spiro atoms. The molecule has 0 aliphatic rings. The molecular formula is C18H17F3N4. The van der Waals surface area contributed by atoms with Gasteiger partial charge in [0.2, 0.25) is 0 Å². The van der Waals surface area contributed by atoms with Crippen LogP contribution in [-0.2, 0) is 19.6 Å². The summed E-state index contributed by atoms with van der Waals surface area (Å²) in [7, 11) is 1.54. The van der Waals surface area contributed by atoms with Crippen LogP contribution in [0.15, 0.2) is 48.7 Å². The number of nitrogen functional groups attached to an aromatic ring is 2. The Morgan fingerprint density at radius 1 is 1.04 bits per heavy atom. The fourth-order valence-electron chi connectivity index (χ4n) is 2.65. The summed E-state index contributed by atoms with van der Waals surface area (Å²) in [5.74, 6) is 0.266. The molecule has 0 radical (unpaired) electrons. The van der Waals surface area contributed by atoms with E-state index < -0.39 is 11.9 Å². The van der Waals surface area contributed by atoms with Gasteiger partial charge in [-0.1, -0.05) is 36.4 Å². The smallest absolute Gasteiger partial charge is 0.397 e. The van der Waals surface area contributed by atoms with Crippen LogP contribution < -0.4 is 11.5 Å². The molecule has 4 N–H and O–H groups in total. The van der Waals surface area contributed by atoms with E-state index in [-0.39, 0.29) is 5.82 Å². The van der Waals surface area contributed by atoms with Crippen LogP contribution in [0.5, 0.6) is 0 Å². The SMILES string of the molecule is Cn1cc(C(F)(F)F)nc1-c1ccc(Cc2cccc(N)c2N)cc1. The van der Waals surface area contributed by atoms with Gasteiger partial charge in [-0.3, -0.25) is 0 Å². The van der Waals surface area contributed by atoms with E-state index in [1.807, 2.05) is 24.3 Å². The molecule has 3 aromatic rings. The molecule has 25 heavy (non-hydrogen) atoms.